The van der Waals surface area contributed by atoms with Crippen LogP contribution in [0, 0.1) is 12.8 Å². The van der Waals surface area contributed by atoms with Crippen molar-refractivity contribution in [2.45, 2.75) is 33.6 Å². The standard InChI is InChI=1S/C17H20N4O/c1-11(2)9-15-19-17-18-12(3)14(16(22)21(17)20-15)10-13-7-5-4-6-8-13/h4-8,11H,9-10H2,1-3H3,(H,18,19,20). The topological polar surface area (TPSA) is 63.1 Å². The molecule has 0 unspecified atom stereocenters. The lowest BCUT2D eigenvalue weighted by atomic mass is 10.1. The zero-order valence-electron chi connectivity index (χ0n) is 13.1. The Morgan fingerprint density at radius 1 is 1.18 bits per heavy atom. The summed E-state index contributed by atoms with van der Waals surface area (Å²) in [5.74, 6) is 1.73. The first-order valence-corrected chi connectivity index (χ1v) is 7.55. The van der Waals surface area contributed by atoms with E-state index in [4.69, 9.17) is 0 Å². The quantitative estimate of drug-likeness (QED) is 0.804. The number of nitrogens with one attached hydrogen (secondary N) is 1. The maximum absolute atomic E-state index is 12.7. The molecule has 5 heteroatoms. The number of nitrogens with zero attached hydrogens (tertiary/aromatic N) is 3. The monoisotopic (exact) mass is 296 g/mol. The number of aromatic nitrogens is 4. The highest BCUT2D eigenvalue weighted by Crippen LogP contribution is 2.10. The summed E-state index contributed by atoms with van der Waals surface area (Å²) in [7, 11) is 0. The molecule has 2 heterocycles. The molecule has 0 saturated carbocycles. The van der Waals surface area contributed by atoms with E-state index in [0.29, 0.717) is 23.7 Å². The Bertz CT molecular complexity index is 846. The Labute approximate surface area is 129 Å². The highest BCUT2D eigenvalue weighted by molar-refractivity contribution is 5.34. The van der Waals surface area contributed by atoms with Crippen LogP contribution in [-0.4, -0.2) is 19.6 Å². The Morgan fingerprint density at radius 2 is 1.91 bits per heavy atom. The zero-order chi connectivity index (χ0) is 15.7. The van der Waals surface area contributed by atoms with Gasteiger partial charge in [-0.15, -0.1) is 0 Å². The molecule has 0 bridgehead atoms. The molecule has 0 spiro atoms. The van der Waals surface area contributed by atoms with Crippen LogP contribution in [-0.2, 0) is 12.8 Å². The molecule has 22 heavy (non-hydrogen) atoms. The molecule has 0 radical (unpaired) electrons. The van der Waals surface area contributed by atoms with Crippen LogP contribution in [0.4, 0.5) is 0 Å². The van der Waals surface area contributed by atoms with E-state index in [1.165, 1.54) is 4.52 Å². The largest absolute Gasteiger partial charge is 0.277 e. The van der Waals surface area contributed by atoms with Gasteiger partial charge in [0.25, 0.3) is 11.3 Å². The van der Waals surface area contributed by atoms with Gasteiger partial charge < -0.3 is 0 Å². The maximum Gasteiger partial charge on any atom is 0.277 e. The van der Waals surface area contributed by atoms with Gasteiger partial charge in [0.1, 0.15) is 5.82 Å². The molecule has 3 aromatic rings. The van der Waals surface area contributed by atoms with Crippen LogP contribution in [0.5, 0.6) is 0 Å². The number of hydrogen-bond acceptors (Lipinski definition) is 3. The molecule has 1 aromatic carbocycles. The van der Waals surface area contributed by atoms with Crippen molar-refractivity contribution in [2.75, 3.05) is 0 Å². The smallest absolute Gasteiger partial charge is 0.275 e. The van der Waals surface area contributed by atoms with Gasteiger partial charge in [-0.3, -0.25) is 9.89 Å². The first-order valence-electron chi connectivity index (χ1n) is 7.55. The summed E-state index contributed by atoms with van der Waals surface area (Å²) in [5.41, 5.74) is 2.50. The van der Waals surface area contributed by atoms with E-state index in [1.807, 2.05) is 37.3 Å². The number of aromatic amines is 1. The fourth-order valence-electron chi connectivity index (χ4n) is 2.58. The van der Waals surface area contributed by atoms with Crippen molar-refractivity contribution in [2.24, 2.45) is 5.92 Å². The van der Waals surface area contributed by atoms with Crippen LogP contribution in [0.25, 0.3) is 5.78 Å². The lowest BCUT2D eigenvalue weighted by Crippen LogP contribution is -2.22. The van der Waals surface area contributed by atoms with E-state index in [-0.39, 0.29) is 5.56 Å². The summed E-state index contributed by atoms with van der Waals surface area (Å²) < 4.78 is 1.46. The van der Waals surface area contributed by atoms with Crippen LogP contribution in [0.2, 0.25) is 0 Å². The predicted molar refractivity (Wildman–Crippen MR) is 86.1 cm³/mol. The lowest BCUT2D eigenvalue weighted by molar-refractivity contribution is 0.619. The molecule has 0 atom stereocenters. The molecule has 2 aromatic heterocycles. The molecule has 0 aliphatic rings. The van der Waals surface area contributed by atoms with Crippen molar-refractivity contribution in [3.05, 3.63) is 63.3 Å². The van der Waals surface area contributed by atoms with Crippen molar-refractivity contribution in [1.29, 1.82) is 0 Å². The van der Waals surface area contributed by atoms with Gasteiger partial charge in [-0.1, -0.05) is 44.2 Å². The molecular weight excluding hydrogens is 276 g/mol. The Hall–Kier alpha value is -2.43. The number of aryl methyl sites for hydroxylation is 1. The summed E-state index contributed by atoms with van der Waals surface area (Å²) in [5, 5.41) is 3.08. The van der Waals surface area contributed by atoms with Gasteiger partial charge in [-0.05, 0) is 18.4 Å². The fraction of sp³-hybridized carbons (Fsp3) is 0.353. The summed E-state index contributed by atoms with van der Waals surface area (Å²) >= 11 is 0. The lowest BCUT2D eigenvalue weighted by Gasteiger charge is -2.04. The molecule has 0 amide bonds. The first-order chi connectivity index (χ1) is 10.5. The number of fused-ring (bicyclic) bond motifs is 1. The van der Waals surface area contributed by atoms with E-state index >= 15 is 0 Å². The van der Waals surface area contributed by atoms with Crippen LogP contribution < -0.4 is 5.56 Å². The van der Waals surface area contributed by atoms with Gasteiger partial charge in [0.15, 0.2) is 0 Å². The predicted octanol–water partition coefficient (Wildman–Crippen LogP) is 2.52. The highest BCUT2D eigenvalue weighted by atomic mass is 16.1. The van der Waals surface area contributed by atoms with Crippen molar-refractivity contribution < 1.29 is 0 Å². The molecular formula is C17H20N4O. The third kappa shape index (κ3) is 2.79. The molecule has 114 valence electrons. The average Bonchev–Trinajstić information content (AvgIpc) is 2.86. The van der Waals surface area contributed by atoms with Crippen LogP contribution in [0.1, 0.15) is 36.5 Å². The number of hydrogen-bond donors (Lipinski definition) is 1. The Morgan fingerprint density at radius 3 is 2.59 bits per heavy atom. The minimum absolute atomic E-state index is 0.0612. The molecule has 0 saturated heterocycles. The van der Waals surface area contributed by atoms with Crippen molar-refractivity contribution in [1.82, 2.24) is 19.6 Å². The molecule has 0 aliphatic carbocycles. The number of H-pyrrole nitrogens is 1. The van der Waals surface area contributed by atoms with Gasteiger partial charge in [0.2, 0.25) is 0 Å². The third-order valence-electron chi connectivity index (χ3n) is 3.67. The fourth-order valence-corrected chi connectivity index (χ4v) is 2.58. The molecule has 1 N–H and O–H groups in total. The van der Waals surface area contributed by atoms with E-state index in [9.17, 15) is 4.79 Å². The average molecular weight is 296 g/mol. The third-order valence-corrected chi connectivity index (χ3v) is 3.67. The maximum atomic E-state index is 12.7. The second kappa shape index (κ2) is 5.75. The van der Waals surface area contributed by atoms with Crippen LogP contribution in [0.15, 0.2) is 35.1 Å². The molecule has 3 rings (SSSR count). The summed E-state index contributed by atoms with van der Waals surface area (Å²) in [6.45, 7) is 6.11. The molecule has 5 nitrogen and oxygen atoms in total. The van der Waals surface area contributed by atoms with Crippen molar-refractivity contribution in [3.63, 3.8) is 0 Å². The minimum atomic E-state index is -0.0612. The van der Waals surface area contributed by atoms with Gasteiger partial charge in [0.05, 0.1) is 5.69 Å². The van der Waals surface area contributed by atoms with Crippen molar-refractivity contribution >= 4 is 5.78 Å². The summed E-state index contributed by atoms with van der Waals surface area (Å²) in [6.07, 6.45) is 1.38. The normalized spacial score (nSPS) is 11.5. The summed E-state index contributed by atoms with van der Waals surface area (Å²) in [4.78, 5) is 21.6. The SMILES string of the molecule is Cc1nc2nc(CC(C)C)[nH]n2c(=O)c1Cc1ccccc1. The molecule has 0 aliphatic heterocycles. The first kappa shape index (κ1) is 14.5. The van der Waals surface area contributed by atoms with Gasteiger partial charge >= 0.3 is 0 Å². The highest BCUT2D eigenvalue weighted by Gasteiger charge is 2.14. The Kier molecular flexibility index (Phi) is 3.79. The van der Waals surface area contributed by atoms with Crippen LogP contribution in [0.3, 0.4) is 0 Å². The zero-order valence-corrected chi connectivity index (χ0v) is 13.1. The van der Waals surface area contributed by atoms with E-state index in [1.54, 1.807) is 0 Å². The van der Waals surface area contributed by atoms with Gasteiger partial charge in [-0.2, -0.15) is 9.50 Å². The van der Waals surface area contributed by atoms with E-state index in [2.05, 4.69) is 28.9 Å². The van der Waals surface area contributed by atoms with Crippen molar-refractivity contribution in [3.8, 4) is 0 Å². The number of benzene rings is 1. The number of rotatable bonds is 4. The van der Waals surface area contributed by atoms with Crippen LogP contribution >= 0.6 is 0 Å². The van der Waals surface area contributed by atoms with E-state index < -0.39 is 0 Å². The van der Waals surface area contributed by atoms with Gasteiger partial charge in [0, 0.05) is 18.4 Å². The second-order valence-electron chi connectivity index (χ2n) is 6.05. The molecule has 0 fully saturated rings. The van der Waals surface area contributed by atoms with E-state index in [0.717, 1.165) is 23.5 Å². The second-order valence-corrected chi connectivity index (χ2v) is 6.05. The van der Waals surface area contributed by atoms with Gasteiger partial charge in [-0.25, -0.2) is 4.98 Å². The minimum Gasteiger partial charge on any atom is -0.275 e. The summed E-state index contributed by atoms with van der Waals surface area (Å²) in [6, 6.07) is 9.96. The Balaban J connectivity index is 2.06.